The molecule has 5 aliphatic carbocycles. The molecule has 11 unspecified atom stereocenters. The Bertz CT molecular complexity index is 2550. The van der Waals surface area contributed by atoms with Crippen molar-refractivity contribution in [2.24, 2.45) is 52.6 Å². The number of nitrogens with two attached hydrogens (primary N) is 1. The van der Waals surface area contributed by atoms with Crippen molar-refractivity contribution in [3.63, 3.8) is 0 Å². The van der Waals surface area contributed by atoms with E-state index < -0.39 is 29.5 Å². The Kier molecular flexibility index (Phi) is 19.3. The van der Waals surface area contributed by atoms with Gasteiger partial charge in [-0.3, -0.25) is 4.79 Å². The van der Waals surface area contributed by atoms with Gasteiger partial charge < -0.3 is 52.0 Å². The fourth-order valence-corrected chi connectivity index (χ4v) is 16.3. The van der Waals surface area contributed by atoms with E-state index in [2.05, 4.69) is 97.9 Å². The zero-order valence-corrected chi connectivity index (χ0v) is 47.8. The number of aliphatic hydroxyl groups is 3. The lowest BCUT2D eigenvalue weighted by Crippen LogP contribution is -2.52. The van der Waals surface area contributed by atoms with E-state index in [9.17, 15) is 35.4 Å². The summed E-state index contributed by atoms with van der Waals surface area (Å²) in [5.74, 6) is -1.43. The molecule has 9 rings (SSSR count). The number of aromatic hydroxyl groups is 2. The Morgan fingerprint density at radius 1 is 0.859 bits per heavy atom. The first-order chi connectivity index (χ1) is 37.6. The van der Waals surface area contributed by atoms with Crippen molar-refractivity contribution in [2.75, 3.05) is 13.1 Å². The first-order valence-electron chi connectivity index (χ1n) is 31.1. The highest BCUT2D eigenvalue weighted by Crippen LogP contribution is 2.63. The van der Waals surface area contributed by atoms with Gasteiger partial charge in [0.05, 0.1) is 29.5 Å². The minimum atomic E-state index is -1.26. The van der Waals surface area contributed by atoms with Crippen molar-refractivity contribution in [2.45, 2.75) is 217 Å². The van der Waals surface area contributed by atoms with Gasteiger partial charge >= 0.3 is 5.97 Å². The van der Waals surface area contributed by atoms with Crippen LogP contribution in [-0.2, 0) is 17.6 Å². The molecule has 11 heteroatoms. The SMILES string of the molecule is CCCCCC1C=CC(CCCCC2CCC(c3cc(CC)c(-c4cc(O)cc(O)c4Cc4ccc(C(C)C)cc4)[nH]3)C3CC(C4(C5=CCNC(N)=C5)CCCC4)CC3(O)C(CNC3CCCC3)CC(O)C2C(=O)O)C(O)C1. The summed E-state index contributed by atoms with van der Waals surface area (Å²) in [7, 11) is 0. The van der Waals surface area contributed by atoms with Gasteiger partial charge in [-0.15, -0.1) is 0 Å². The van der Waals surface area contributed by atoms with Crippen LogP contribution in [0.2, 0.25) is 0 Å². The molecular weight excluding hydrogens is 973 g/mol. The van der Waals surface area contributed by atoms with Gasteiger partial charge in [-0.1, -0.05) is 128 Å². The Balaban J connectivity index is 1.11. The quantitative estimate of drug-likeness (QED) is 0.0361. The lowest BCUT2D eigenvalue weighted by Gasteiger charge is -2.45. The summed E-state index contributed by atoms with van der Waals surface area (Å²) in [5, 5.41) is 79.7. The van der Waals surface area contributed by atoms with Gasteiger partial charge in [0.2, 0.25) is 0 Å². The summed E-state index contributed by atoms with van der Waals surface area (Å²) in [6.07, 6.45) is 28.7. The smallest absolute Gasteiger partial charge is 0.309 e. The topological polar surface area (TPSA) is 204 Å². The van der Waals surface area contributed by atoms with E-state index in [4.69, 9.17) is 5.73 Å². The van der Waals surface area contributed by atoms with Gasteiger partial charge in [0, 0.05) is 71.9 Å². The number of aliphatic hydroxyl groups excluding tert-OH is 2. The zero-order valence-electron chi connectivity index (χ0n) is 47.8. The van der Waals surface area contributed by atoms with Crippen molar-refractivity contribution >= 4 is 5.97 Å². The second kappa shape index (κ2) is 25.9. The molecular formula is C67H98N4O7. The van der Waals surface area contributed by atoms with E-state index in [1.807, 2.05) is 0 Å². The first-order valence-corrected chi connectivity index (χ1v) is 31.1. The molecule has 0 bridgehead atoms. The van der Waals surface area contributed by atoms with Crippen LogP contribution < -0.4 is 16.4 Å². The molecule has 78 heavy (non-hydrogen) atoms. The van der Waals surface area contributed by atoms with Crippen molar-refractivity contribution in [1.29, 1.82) is 0 Å². The fraction of sp³-hybridized carbons (Fsp3) is 0.657. The molecule has 2 aromatic carbocycles. The monoisotopic (exact) mass is 1070 g/mol. The number of aliphatic carboxylic acids is 1. The van der Waals surface area contributed by atoms with Gasteiger partial charge in [-0.2, -0.15) is 0 Å². The number of rotatable bonds is 21. The zero-order chi connectivity index (χ0) is 55.1. The molecule has 0 amide bonds. The second-order valence-corrected chi connectivity index (χ2v) is 25.9. The number of aromatic nitrogens is 1. The minimum absolute atomic E-state index is 0.0191. The highest BCUT2D eigenvalue weighted by atomic mass is 16.4. The number of aromatic amines is 1. The van der Waals surface area contributed by atoms with Crippen LogP contribution in [0.5, 0.6) is 11.5 Å². The number of carboxylic acid groups (broad SMARTS) is 1. The molecule has 0 radical (unpaired) electrons. The van der Waals surface area contributed by atoms with Crippen molar-refractivity contribution in [1.82, 2.24) is 15.6 Å². The number of dihydropyridines is 1. The van der Waals surface area contributed by atoms with Crippen molar-refractivity contribution < 1.29 is 35.4 Å². The number of phenolic OH excluding ortho intramolecular Hbond substituents is 2. The van der Waals surface area contributed by atoms with Gasteiger partial charge in [-0.25, -0.2) is 0 Å². The number of allylic oxidation sites excluding steroid dienone is 3. The summed E-state index contributed by atoms with van der Waals surface area (Å²) < 4.78 is 0. The van der Waals surface area contributed by atoms with Crippen LogP contribution in [-0.4, -0.2) is 78.5 Å². The molecule has 1 aliphatic heterocycles. The average Bonchev–Trinajstić information content (AvgIpc) is 4.47. The summed E-state index contributed by atoms with van der Waals surface area (Å²) in [5.41, 5.74) is 13.0. The maximum atomic E-state index is 14.3. The maximum Gasteiger partial charge on any atom is 0.309 e. The number of fused-ring (bicyclic) bond motifs is 1. The van der Waals surface area contributed by atoms with E-state index in [-0.39, 0.29) is 59.0 Å². The molecule has 0 spiro atoms. The number of phenols is 2. The molecule has 3 aromatic rings. The first kappa shape index (κ1) is 58.1. The van der Waals surface area contributed by atoms with Gasteiger partial charge in [0.15, 0.2) is 0 Å². The molecule has 428 valence electrons. The molecule has 11 N–H and O–H groups in total. The van der Waals surface area contributed by atoms with Crippen LogP contribution in [0.3, 0.4) is 0 Å². The van der Waals surface area contributed by atoms with Crippen molar-refractivity contribution in [3.05, 3.63) is 106 Å². The molecule has 6 aliphatic rings. The lowest BCUT2D eigenvalue weighted by atomic mass is 9.65. The molecule has 1 aromatic heterocycles. The lowest BCUT2D eigenvalue weighted by molar-refractivity contribution is -0.152. The highest BCUT2D eigenvalue weighted by molar-refractivity contribution is 5.73. The van der Waals surface area contributed by atoms with Crippen molar-refractivity contribution in [3.8, 4) is 22.8 Å². The number of carboxylic acids is 1. The molecule has 11 atom stereocenters. The van der Waals surface area contributed by atoms with Gasteiger partial charge in [0.1, 0.15) is 11.5 Å². The summed E-state index contributed by atoms with van der Waals surface area (Å²) in [6, 6.07) is 14.3. The maximum absolute atomic E-state index is 14.3. The Morgan fingerprint density at radius 3 is 2.29 bits per heavy atom. The molecule has 11 nitrogen and oxygen atoms in total. The van der Waals surface area contributed by atoms with E-state index in [0.717, 1.165) is 124 Å². The highest BCUT2D eigenvalue weighted by Gasteiger charge is 2.60. The Labute approximate surface area is 467 Å². The van der Waals surface area contributed by atoms with E-state index in [1.54, 1.807) is 6.07 Å². The second-order valence-electron chi connectivity index (χ2n) is 25.9. The third-order valence-electron chi connectivity index (χ3n) is 20.7. The van der Waals surface area contributed by atoms with Gasteiger partial charge in [0.25, 0.3) is 0 Å². The third-order valence-corrected chi connectivity index (χ3v) is 20.7. The predicted octanol–water partition coefficient (Wildman–Crippen LogP) is 12.8. The van der Waals surface area contributed by atoms with E-state index >= 15 is 0 Å². The molecule has 4 fully saturated rings. The average molecular weight is 1070 g/mol. The normalized spacial score (nSPS) is 30.5. The van der Waals surface area contributed by atoms with Crippen LogP contribution >= 0.6 is 0 Å². The van der Waals surface area contributed by atoms with Crippen LogP contribution in [0, 0.1) is 46.8 Å². The van der Waals surface area contributed by atoms with Gasteiger partial charge in [-0.05, 0) is 165 Å². The summed E-state index contributed by atoms with van der Waals surface area (Å²) in [6.45, 7) is 9.89. The number of unbranched alkanes of at least 4 members (excludes halogenated alkanes) is 3. The van der Waals surface area contributed by atoms with Crippen LogP contribution in [0.4, 0.5) is 0 Å². The number of hydrogen-bond acceptors (Lipinski definition) is 9. The number of aryl methyl sites for hydroxylation is 1. The number of hydrogen-bond donors (Lipinski definition) is 10. The van der Waals surface area contributed by atoms with E-state index in [1.165, 1.54) is 36.5 Å². The minimum Gasteiger partial charge on any atom is -0.508 e. The predicted molar refractivity (Wildman–Crippen MR) is 313 cm³/mol. The summed E-state index contributed by atoms with van der Waals surface area (Å²) >= 11 is 0. The number of carbonyl (C=O) groups is 1. The van der Waals surface area contributed by atoms with Crippen LogP contribution in [0.25, 0.3) is 11.3 Å². The molecule has 4 saturated carbocycles. The molecule has 0 saturated heterocycles. The summed E-state index contributed by atoms with van der Waals surface area (Å²) in [4.78, 5) is 17.8. The Morgan fingerprint density at radius 2 is 1.60 bits per heavy atom. The van der Waals surface area contributed by atoms with Crippen LogP contribution in [0.1, 0.15) is 209 Å². The Hall–Kier alpha value is -4.55. The largest absolute Gasteiger partial charge is 0.508 e. The third kappa shape index (κ3) is 13.0. The van der Waals surface area contributed by atoms with E-state index in [0.29, 0.717) is 75.3 Å². The molecule has 2 heterocycles. The number of nitrogens with one attached hydrogen (secondary N) is 3. The van der Waals surface area contributed by atoms with Crippen LogP contribution in [0.15, 0.2) is 78.2 Å². The standard InChI is InChI=1S/C67H98N4O7/c1-5-7-8-15-43-22-25-47(59(73)33-43)16-9-10-17-48-26-27-54(58-34-45(6-2)64(71-58)56-38-53(72)39-60(74)55(56)32-44-20-23-46(24-21-44)42(3)4)57-35-50(66(29-13-14-30-66)49-28-31-69-62(68)37-49)40-67(57,78)51(36-61(75)63(48)65(76)77)41-70-52-18-11-12-19-52/h20-25,28,34,37-39,42-43,47-48,50-52,54,57,59,61,63,69-75,78H,5-19,26-27,29-33,35-36,40-41,68H2,1-4H3,(H,76,77). The fourth-order valence-electron chi connectivity index (χ4n) is 16.3. The number of H-pyrrole nitrogens is 1. The number of benzene rings is 2.